The highest BCUT2D eigenvalue weighted by Crippen LogP contribution is 2.21. The van der Waals surface area contributed by atoms with Crippen molar-refractivity contribution in [2.24, 2.45) is 5.92 Å². The number of rotatable bonds is 7. The van der Waals surface area contributed by atoms with Gasteiger partial charge in [0.25, 0.3) is 0 Å². The molecule has 0 saturated carbocycles. The Kier molecular flexibility index (Phi) is 6.30. The summed E-state index contributed by atoms with van der Waals surface area (Å²) >= 11 is 0. The summed E-state index contributed by atoms with van der Waals surface area (Å²) in [6.45, 7) is 6.05. The molecule has 2 aromatic carbocycles. The van der Waals surface area contributed by atoms with E-state index in [4.69, 9.17) is 4.74 Å². The summed E-state index contributed by atoms with van der Waals surface area (Å²) in [5.74, 6) is -1.35. The smallest absolute Gasteiger partial charge is 0.316 e. The molecule has 0 aromatic heterocycles. The Morgan fingerprint density at radius 2 is 1.79 bits per heavy atom. The summed E-state index contributed by atoms with van der Waals surface area (Å²) in [7, 11) is 0. The Bertz CT molecular complexity index is 755. The summed E-state index contributed by atoms with van der Waals surface area (Å²) < 4.78 is 5.11. The molecule has 0 saturated heterocycles. The number of ether oxygens (including phenoxy) is 1. The average molecular weight is 324 g/mol. The maximum absolute atomic E-state index is 12.9. The first-order valence-corrected chi connectivity index (χ1v) is 8.36. The van der Waals surface area contributed by atoms with Crippen molar-refractivity contribution in [3.8, 4) is 0 Å². The normalized spacial score (nSPS) is 11.8. The summed E-state index contributed by atoms with van der Waals surface area (Å²) in [6, 6.07) is 13.4. The molecule has 1 unspecified atom stereocenters. The van der Waals surface area contributed by atoms with Crippen molar-refractivity contribution in [3.05, 3.63) is 59.7 Å². The maximum atomic E-state index is 12.9. The largest absolute Gasteiger partial charge is 0.465 e. The Hall–Kier alpha value is -2.42. The van der Waals surface area contributed by atoms with Gasteiger partial charge in [0, 0.05) is 5.56 Å². The van der Waals surface area contributed by atoms with E-state index in [1.807, 2.05) is 56.3 Å². The number of esters is 1. The molecule has 0 aliphatic heterocycles. The molecule has 0 fully saturated rings. The van der Waals surface area contributed by atoms with E-state index < -0.39 is 11.9 Å². The van der Waals surface area contributed by atoms with Crippen LogP contribution in [0.1, 0.15) is 44.0 Å². The van der Waals surface area contributed by atoms with Gasteiger partial charge in [-0.2, -0.15) is 0 Å². The van der Waals surface area contributed by atoms with E-state index in [1.54, 1.807) is 13.0 Å². The average Bonchev–Trinajstić information content (AvgIpc) is 2.57. The van der Waals surface area contributed by atoms with Gasteiger partial charge in [-0.25, -0.2) is 0 Å². The van der Waals surface area contributed by atoms with Gasteiger partial charge >= 0.3 is 5.97 Å². The van der Waals surface area contributed by atoms with Crippen molar-refractivity contribution in [1.82, 2.24) is 0 Å². The molecule has 0 spiro atoms. The molecule has 0 amide bonds. The lowest BCUT2D eigenvalue weighted by Gasteiger charge is -2.14. The van der Waals surface area contributed by atoms with Crippen molar-refractivity contribution < 1.29 is 14.3 Å². The number of fused-ring (bicyclic) bond motifs is 1. The van der Waals surface area contributed by atoms with E-state index in [0.29, 0.717) is 18.4 Å². The van der Waals surface area contributed by atoms with Gasteiger partial charge in [-0.15, -0.1) is 0 Å². The van der Waals surface area contributed by atoms with Gasteiger partial charge in [-0.3, -0.25) is 9.59 Å². The highest BCUT2D eigenvalue weighted by molar-refractivity contribution is 6.10. The summed E-state index contributed by atoms with van der Waals surface area (Å²) in [5, 5.41) is 2.07. The zero-order valence-electron chi connectivity index (χ0n) is 14.5. The number of hydrogen-bond donors (Lipinski definition) is 0. The molecule has 3 heteroatoms. The van der Waals surface area contributed by atoms with Gasteiger partial charge in [-0.05, 0) is 50.5 Å². The zero-order chi connectivity index (χ0) is 17.5. The molecule has 1 atom stereocenters. The molecule has 0 aliphatic carbocycles. The highest BCUT2D eigenvalue weighted by Gasteiger charge is 2.28. The Morgan fingerprint density at radius 1 is 1.08 bits per heavy atom. The fourth-order valence-electron chi connectivity index (χ4n) is 2.68. The highest BCUT2D eigenvalue weighted by atomic mass is 16.5. The lowest BCUT2D eigenvalue weighted by atomic mass is 9.92. The SMILES string of the molecule is CCOC(=O)C(CCC=C(C)C)C(=O)c1ccc2ccccc2c1. The van der Waals surface area contributed by atoms with Crippen LogP contribution in [0.2, 0.25) is 0 Å². The number of hydrogen-bond acceptors (Lipinski definition) is 3. The van der Waals surface area contributed by atoms with Gasteiger partial charge in [0.05, 0.1) is 6.61 Å². The lowest BCUT2D eigenvalue weighted by Crippen LogP contribution is -2.26. The van der Waals surface area contributed by atoms with Gasteiger partial charge < -0.3 is 4.74 Å². The second-order valence-electron chi connectivity index (χ2n) is 6.09. The van der Waals surface area contributed by atoms with Crippen molar-refractivity contribution >= 4 is 22.5 Å². The third-order valence-corrected chi connectivity index (χ3v) is 3.93. The van der Waals surface area contributed by atoms with E-state index in [-0.39, 0.29) is 12.4 Å². The van der Waals surface area contributed by atoms with Crippen LogP contribution in [0.4, 0.5) is 0 Å². The topological polar surface area (TPSA) is 43.4 Å². The van der Waals surface area contributed by atoms with E-state index in [0.717, 1.165) is 10.8 Å². The molecule has 0 bridgehead atoms. The second-order valence-corrected chi connectivity index (χ2v) is 6.09. The minimum absolute atomic E-state index is 0.165. The summed E-state index contributed by atoms with van der Waals surface area (Å²) in [5.41, 5.74) is 1.74. The first-order valence-electron chi connectivity index (χ1n) is 8.36. The van der Waals surface area contributed by atoms with Gasteiger partial charge in [0.2, 0.25) is 0 Å². The van der Waals surface area contributed by atoms with E-state index in [9.17, 15) is 9.59 Å². The molecule has 0 heterocycles. The molecule has 24 heavy (non-hydrogen) atoms. The second kappa shape index (κ2) is 8.44. The number of allylic oxidation sites excluding steroid dienone is 2. The minimum Gasteiger partial charge on any atom is -0.465 e. The molecular formula is C21H24O3. The molecular weight excluding hydrogens is 300 g/mol. The maximum Gasteiger partial charge on any atom is 0.316 e. The number of carbonyl (C=O) groups excluding carboxylic acids is 2. The van der Waals surface area contributed by atoms with Crippen LogP contribution in [-0.4, -0.2) is 18.4 Å². The zero-order valence-corrected chi connectivity index (χ0v) is 14.5. The molecule has 0 N–H and O–H groups in total. The summed E-state index contributed by atoms with van der Waals surface area (Å²) in [4.78, 5) is 25.1. The van der Waals surface area contributed by atoms with E-state index in [1.165, 1.54) is 5.57 Å². The predicted octanol–water partition coefficient (Wildman–Crippen LogP) is 4.95. The van der Waals surface area contributed by atoms with Crippen LogP contribution in [0.3, 0.4) is 0 Å². The van der Waals surface area contributed by atoms with Crippen LogP contribution in [0.5, 0.6) is 0 Å². The minimum atomic E-state index is -0.748. The first kappa shape index (κ1) is 17.9. The lowest BCUT2D eigenvalue weighted by molar-refractivity contribution is -0.146. The molecule has 0 aliphatic rings. The standard InChI is InChI=1S/C21H24O3/c1-4-24-21(23)19(11-7-8-15(2)3)20(22)18-13-12-16-9-5-6-10-17(16)14-18/h5-6,8-10,12-14,19H,4,7,11H2,1-3H3. The van der Waals surface area contributed by atoms with Crippen LogP contribution in [0, 0.1) is 5.92 Å². The van der Waals surface area contributed by atoms with Crippen molar-refractivity contribution in [2.45, 2.75) is 33.6 Å². The van der Waals surface area contributed by atoms with E-state index >= 15 is 0 Å². The fourth-order valence-corrected chi connectivity index (χ4v) is 2.68. The van der Waals surface area contributed by atoms with Crippen molar-refractivity contribution in [2.75, 3.05) is 6.61 Å². The number of carbonyl (C=O) groups is 2. The fraction of sp³-hybridized carbons (Fsp3) is 0.333. The number of Topliss-reactive ketones (excluding diaryl/α,β-unsaturated/α-hetero) is 1. The third-order valence-electron chi connectivity index (χ3n) is 3.93. The quantitative estimate of drug-likeness (QED) is 0.313. The molecule has 0 radical (unpaired) electrons. The van der Waals surface area contributed by atoms with Crippen LogP contribution < -0.4 is 0 Å². The molecule has 3 nitrogen and oxygen atoms in total. The molecule has 2 rings (SSSR count). The molecule has 2 aromatic rings. The number of ketones is 1. The van der Waals surface area contributed by atoms with Gasteiger partial charge in [0.15, 0.2) is 5.78 Å². The van der Waals surface area contributed by atoms with Crippen LogP contribution in [-0.2, 0) is 9.53 Å². The molecule has 126 valence electrons. The van der Waals surface area contributed by atoms with Crippen molar-refractivity contribution in [3.63, 3.8) is 0 Å². The monoisotopic (exact) mass is 324 g/mol. The van der Waals surface area contributed by atoms with Crippen LogP contribution in [0.15, 0.2) is 54.1 Å². The van der Waals surface area contributed by atoms with Gasteiger partial charge in [-0.1, -0.05) is 48.0 Å². The summed E-state index contributed by atoms with van der Waals surface area (Å²) in [6.07, 6.45) is 3.20. The Labute approximate surface area is 143 Å². The van der Waals surface area contributed by atoms with Crippen LogP contribution in [0.25, 0.3) is 10.8 Å². The van der Waals surface area contributed by atoms with E-state index in [2.05, 4.69) is 0 Å². The first-order chi connectivity index (χ1) is 11.5. The van der Waals surface area contributed by atoms with Crippen LogP contribution >= 0.6 is 0 Å². The Balaban J connectivity index is 2.26. The Morgan fingerprint density at radius 3 is 2.46 bits per heavy atom. The third kappa shape index (κ3) is 4.54. The van der Waals surface area contributed by atoms with Crippen molar-refractivity contribution in [1.29, 1.82) is 0 Å². The predicted molar refractivity (Wildman–Crippen MR) is 97.1 cm³/mol. The van der Waals surface area contributed by atoms with Gasteiger partial charge in [0.1, 0.15) is 5.92 Å². The number of benzene rings is 2.